The lowest BCUT2D eigenvalue weighted by molar-refractivity contribution is -0.142. The molecule has 1 heterocycles. The Morgan fingerprint density at radius 2 is 1.91 bits per heavy atom. The van der Waals surface area contributed by atoms with Crippen molar-refractivity contribution >= 4 is 17.6 Å². The van der Waals surface area contributed by atoms with Gasteiger partial charge in [0, 0.05) is 25.2 Å². The molecule has 2 fully saturated rings. The number of aliphatic carboxylic acids is 1. The summed E-state index contributed by atoms with van der Waals surface area (Å²) in [6.07, 6.45) is 5.48. The Bertz CT molecular complexity index is 584. The molecule has 2 aliphatic rings. The number of nitrogens with one attached hydrogen (secondary N) is 1. The molecule has 5 nitrogen and oxygen atoms in total. The summed E-state index contributed by atoms with van der Waals surface area (Å²) in [4.78, 5) is 24.9. The van der Waals surface area contributed by atoms with Gasteiger partial charge in [-0.3, -0.25) is 14.5 Å². The van der Waals surface area contributed by atoms with Crippen LogP contribution in [0.4, 0.5) is 5.69 Å². The maximum atomic E-state index is 11.6. The summed E-state index contributed by atoms with van der Waals surface area (Å²) in [5.41, 5.74) is 1.87. The number of likely N-dealkylation sites (tertiary alicyclic amines) is 1. The summed E-state index contributed by atoms with van der Waals surface area (Å²) in [5.74, 6) is -0.258. The summed E-state index contributed by atoms with van der Waals surface area (Å²) in [6.45, 7) is 2.15. The van der Waals surface area contributed by atoms with Crippen LogP contribution in [0.2, 0.25) is 0 Å². The van der Waals surface area contributed by atoms with Crippen molar-refractivity contribution in [1.82, 2.24) is 4.90 Å². The van der Waals surface area contributed by atoms with Crippen LogP contribution in [0.15, 0.2) is 24.3 Å². The fourth-order valence-electron chi connectivity index (χ4n) is 4.13. The number of carbonyl (C=O) groups is 2. The fourth-order valence-corrected chi connectivity index (χ4v) is 4.13. The third-order valence-electron chi connectivity index (χ3n) is 5.15. The maximum absolute atomic E-state index is 11.6. The van der Waals surface area contributed by atoms with Crippen LogP contribution < -0.4 is 5.32 Å². The number of anilines is 1. The lowest BCUT2D eigenvalue weighted by atomic mass is 9.84. The van der Waals surface area contributed by atoms with E-state index in [0.29, 0.717) is 18.5 Å². The smallest absolute Gasteiger partial charge is 0.320 e. The van der Waals surface area contributed by atoms with Crippen LogP contribution in [-0.4, -0.2) is 34.0 Å². The highest BCUT2D eigenvalue weighted by atomic mass is 16.4. The highest BCUT2D eigenvalue weighted by Gasteiger charge is 2.44. The minimum atomic E-state index is -0.700. The Kier molecular flexibility index (Phi) is 4.66. The van der Waals surface area contributed by atoms with Crippen LogP contribution in [-0.2, 0) is 16.1 Å². The number of hydrogen-bond donors (Lipinski definition) is 2. The van der Waals surface area contributed by atoms with Crippen LogP contribution in [0.3, 0.4) is 0 Å². The van der Waals surface area contributed by atoms with Gasteiger partial charge in [0.05, 0.1) is 0 Å². The average Bonchev–Trinajstić information content (AvgIpc) is 2.88. The van der Waals surface area contributed by atoms with E-state index in [1.165, 1.54) is 19.8 Å². The van der Waals surface area contributed by atoms with Gasteiger partial charge >= 0.3 is 5.97 Å². The molecule has 2 N–H and O–H groups in total. The van der Waals surface area contributed by atoms with Gasteiger partial charge in [-0.05, 0) is 42.9 Å². The van der Waals surface area contributed by atoms with Gasteiger partial charge < -0.3 is 10.4 Å². The van der Waals surface area contributed by atoms with E-state index in [4.69, 9.17) is 0 Å². The molecule has 1 aliphatic heterocycles. The Balaban J connectivity index is 1.73. The molecule has 0 radical (unpaired) electrons. The number of hydrogen-bond acceptors (Lipinski definition) is 3. The van der Waals surface area contributed by atoms with Gasteiger partial charge in [0.15, 0.2) is 0 Å². The lowest BCUT2D eigenvalue weighted by Crippen LogP contribution is -2.41. The quantitative estimate of drug-likeness (QED) is 0.896. The summed E-state index contributed by atoms with van der Waals surface area (Å²) in [7, 11) is 0. The van der Waals surface area contributed by atoms with Gasteiger partial charge in [0.25, 0.3) is 0 Å². The molecule has 1 saturated carbocycles. The Morgan fingerprint density at radius 1 is 1.22 bits per heavy atom. The van der Waals surface area contributed by atoms with Crippen molar-refractivity contribution in [3.8, 4) is 0 Å². The maximum Gasteiger partial charge on any atom is 0.320 e. The number of amides is 1. The standard InChI is InChI=1S/C18H24N2O3/c1-12(21)19-15-8-6-13(7-9-15)11-20-16-5-3-2-4-14(16)10-17(20)18(22)23/h6-9,14,16-17H,2-5,10-11H2,1H3,(H,19,21)(H,22,23). The number of fused-ring (bicyclic) bond motifs is 1. The predicted molar refractivity (Wildman–Crippen MR) is 88.1 cm³/mol. The third kappa shape index (κ3) is 3.55. The highest BCUT2D eigenvalue weighted by Crippen LogP contribution is 2.40. The summed E-state index contributed by atoms with van der Waals surface area (Å²) < 4.78 is 0. The van der Waals surface area contributed by atoms with E-state index in [1.54, 1.807) is 0 Å². The zero-order chi connectivity index (χ0) is 16.4. The van der Waals surface area contributed by atoms with Gasteiger partial charge in [-0.15, -0.1) is 0 Å². The Morgan fingerprint density at radius 3 is 2.57 bits per heavy atom. The number of carbonyl (C=O) groups excluding carboxylic acids is 1. The largest absolute Gasteiger partial charge is 0.480 e. The first-order valence-electron chi connectivity index (χ1n) is 8.39. The zero-order valence-corrected chi connectivity index (χ0v) is 13.5. The number of nitrogens with zero attached hydrogens (tertiary/aromatic N) is 1. The molecule has 0 aromatic heterocycles. The molecule has 3 unspecified atom stereocenters. The van der Waals surface area contributed by atoms with Crippen molar-refractivity contribution in [2.45, 2.75) is 57.7 Å². The van der Waals surface area contributed by atoms with E-state index >= 15 is 0 Å². The molecular formula is C18H24N2O3. The summed E-state index contributed by atoms with van der Waals surface area (Å²) in [5, 5.41) is 12.3. The van der Waals surface area contributed by atoms with Crippen molar-refractivity contribution in [3.05, 3.63) is 29.8 Å². The molecule has 1 aliphatic carbocycles. The molecule has 1 aromatic rings. The normalized spacial score (nSPS) is 27.4. The highest BCUT2D eigenvalue weighted by molar-refractivity contribution is 5.88. The molecule has 0 spiro atoms. The Labute approximate surface area is 136 Å². The zero-order valence-electron chi connectivity index (χ0n) is 13.5. The van der Waals surface area contributed by atoms with Crippen LogP contribution in [0.25, 0.3) is 0 Å². The molecule has 1 amide bonds. The first-order valence-corrected chi connectivity index (χ1v) is 8.39. The lowest BCUT2D eigenvalue weighted by Gasteiger charge is -2.33. The van der Waals surface area contributed by atoms with E-state index in [1.807, 2.05) is 24.3 Å². The van der Waals surface area contributed by atoms with E-state index < -0.39 is 5.97 Å². The second-order valence-electron chi connectivity index (χ2n) is 6.75. The Hall–Kier alpha value is -1.88. The number of carboxylic acid groups (broad SMARTS) is 1. The van der Waals surface area contributed by atoms with E-state index in [2.05, 4.69) is 10.2 Å². The molecular weight excluding hydrogens is 292 g/mol. The first-order chi connectivity index (χ1) is 11.0. The first kappa shape index (κ1) is 16.0. The van der Waals surface area contributed by atoms with E-state index in [-0.39, 0.29) is 11.9 Å². The van der Waals surface area contributed by atoms with Gasteiger partial charge in [0.1, 0.15) is 6.04 Å². The van der Waals surface area contributed by atoms with Gasteiger partial charge in [-0.2, -0.15) is 0 Å². The SMILES string of the molecule is CC(=O)Nc1ccc(CN2C(C(=O)O)CC3CCCCC32)cc1. The van der Waals surface area contributed by atoms with Crippen molar-refractivity contribution in [3.63, 3.8) is 0 Å². The fraction of sp³-hybridized carbons (Fsp3) is 0.556. The van der Waals surface area contributed by atoms with Crippen LogP contribution in [0.5, 0.6) is 0 Å². The number of rotatable bonds is 4. The van der Waals surface area contributed by atoms with Gasteiger partial charge in [-0.1, -0.05) is 25.0 Å². The van der Waals surface area contributed by atoms with Gasteiger partial charge in [-0.25, -0.2) is 0 Å². The van der Waals surface area contributed by atoms with Crippen molar-refractivity contribution in [2.24, 2.45) is 5.92 Å². The molecule has 3 atom stereocenters. The van der Waals surface area contributed by atoms with Crippen LogP contribution in [0, 0.1) is 5.92 Å². The van der Waals surface area contributed by atoms with Gasteiger partial charge in [0.2, 0.25) is 5.91 Å². The second kappa shape index (κ2) is 6.71. The van der Waals surface area contributed by atoms with Crippen molar-refractivity contribution in [1.29, 1.82) is 0 Å². The molecule has 23 heavy (non-hydrogen) atoms. The summed E-state index contributed by atoms with van der Waals surface area (Å²) in [6, 6.07) is 7.74. The minimum absolute atomic E-state index is 0.0896. The molecule has 0 bridgehead atoms. The monoisotopic (exact) mass is 316 g/mol. The second-order valence-corrected chi connectivity index (χ2v) is 6.75. The number of benzene rings is 1. The average molecular weight is 316 g/mol. The molecule has 1 saturated heterocycles. The van der Waals surface area contributed by atoms with Crippen LogP contribution >= 0.6 is 0 Å². The van der Waals surface area contributed by atoms with E-state index in [9.17, 15) is 14.7 Å². The topological polar surface area (TPSA) is 69.6 Å². The third-order valence-corrected chi connectivity index (χ3v) is 5.15. The summed E-state index contributed by atoms with van der Waals surface area (Å²) >= 11 is 0. The predicted octanol–water partition coefficient (Wildman–Crippen LogP) is 2.86. The van der Waals surface area contributed by atoms with E-state index in [0.717, 1.165) is 30.5 Å². The molecule has 1 aromatic carbocycles. The molecule has 124 valence electrons. The molecule has 3 rings (SSSR count). The van der Waals surface area contributed by atoms with Crippen LogP contribution in [0.1, 0.15) is 44.6 Å². The van der Waals surface area contributed by atoms with Crippen molar-refractivity contribution in [2.75, 3.05) is 5.32 Å². The number of carboxylic acids is 1. The van der Waals surface area contributed by atoms with Crippen molar-refractivity contribution < 1.29 is 14.7 Å². The molecule has 5 heteroatoms. The minimum Gasteiger partial charge on any atom is -0.480 e.